The van der Waals surface area contributed by atoms with E-state index in [9.17, 15) is 9.59 Å². The molecule has 0 saturated carbocycles. The van der Waals surface area contributed by atoms with Gasteiger partial charge >= 0.3 is 0 Å². The van der Waals surface area contributed by atoms with Crippen LogP contribution in [0.5, 0.6) is 0 Å². The van der Waals surface area contributed by atoms with E-state index in [-0.39, 0.29) is 11.8 Å². The summed E-state index contributed by atoms with van der Waals surface area (Å²) in [4.78, 5) is 25.5. The molecule has 47 heavy (non-hydrogen) atoms. The number of rotatable bonds is 36. The third-order valence-corrected chi connectivity index (χ3v) is 8.94. The fourth-order valence-corrected chi connectivity index (χ4v) is 5.83. The van der Waals surface area contributed by atoms with Crippen LogP contribution in [0.4, 0.5) is 0 Å². The van der Waals surface area contributed by atoms with E-state index in [4.69, 9.17) is 5.73 Å². The highest BCUT2D eigenvalue weighted by atomic mass is 16.2. The molecule has 0 aliphatic carbocycles. The molecule has 0 bridgehead atoms. The van der Waals surface area contributed by atoms with Gasteiger partial charge in [-0.2, -0.15) is 0 Å². The minimum absolute atomic E-state index is 0.000773. The minimum Gasteiger partial charge on any atom is -0.354 e. The van der Waals surface area contributed by atoms with Gasteiger partial charge in [0.1, 0.15) is 6.04 Å². The zero-order valence-electron chi connectivity index (χ0n) is 31.4. The molecule has 0 aliphatic rings. The molecule has 4 N–H and O–H groups in total. The normalized spacial score (nSPS) is 12.5. The SMILES string of the molecule is CCCCC/C=C\C/C=C\CCCCCCCC(=O)NC(CCCCN)C(=O)NCCCCCCCC/C=C\CCCCCCCC. The van der Waals surface area contributed by atoms with Crippen molar-refractivity contribution in [3.8, 4) is 0 Å². The van der Waals surface area contributed by atoms with Crippen LogP contribution < -0.4 is 16.4 Å². The van der Waals surface area contributed by atoms with Gasteiger partial charge in [0.2, 0.25) is 11.8 Å². The van der Waals surface area contributed by atoms with Gasteiger partial charge in [0.15, 0.2) is 0 Å². The van der Waals surface area contributed by atoms with Gasteiger partial charge in [-0.15, -0.1) is 0 Å². The molecule has 1 atom stereocenters. The Kier molecular flexibility index (Phi) is 37.0. The number of amides is 2. The standard InChI is InChI=1S/C42H79N3O2/c1-3-5-7-9-11-13-15-17-19-21-23-25-27-29-31-35-39-44-42(47)40(36-33-34-38-43)45-41(46)37-32-30-28-26-24-22-20-18-16-14-12-10-8-6-4-2/h12,14,17-20,40H,3-11,13,15-16,21-39,43H2,1-2H3,(H,44,47)(H,45,46)/b14-12-,19-17-,20-18-. The predicted molar refractivity (Wildman–Crippen MR) is 207 cm³/mol. The lowest BCUT2D eigenvalue weighted by Crippen LogP contribution is -2.47. The Bertz CT molecular complexity index is 761. The number of hydrogen-bond donors (Lipinski definition) is 3. The van der Waals surface area contributed by atoms with E-state index >= 15 is 0 Å². The first-order chi connectivity index (χ1) is 23.2. The fourth-order valence-electron chi connectivity index (χ4n) is 5.83. The average molecular weight is 658 g/mol. The van der Waals surface area contributed by atoms with Crippen molar-refractivity contribution < 1.29 is 9.59 Å². The molecule has 0 aromatic heterocycles. The highest BCUT2D eigenvalue weighted by Crippen LogP contribution is 2.11. The molecule has 0 radical (unpaired) electrons. The molecule has 2 amide bonds. The van der Waals surface area contributed by atoms with Crippen LogP contribution in [0.15, 0.2) is 36.5 Å². The summed E-state index contributed by atoms with van der Waals surface area (Å²) in [6, 6.07) is -0.443. The van der Waals surface area contributed by atoms with Crippen LogP contribution in [0, 0.1) is 0 Å². The van der Waals surface area contributed by atoms with Gasteiger partial charge in [-0.3, -0.25) is 9.59 Å². The van der Waals surface area contributed by atoms with Crippen LogP contribution in [0.2, 0.25) is 0 Å². The van der Waals surface area contributed by atoms with E-state index in [0.717, 1.165) is 57.8 Å². The van der Waals surface area contributed by atoms with Crippen molar-refractivity contribution in [2.75, 3.05) is 13.1 Å². The Hall–Kier alpha value is -1.88. The maximum Gasteiger partial charge on any atom is 0.242 e. The Morgan fingerprint density at radius 3 is 1.53 bits per heavy atom. The molecule has 0 heterocycles. The van der Waals surface area contributed by atoms with Crippen LogP contribution in [0.3, 0.4) is 0 Å². The first-order valence-corrected chi connectivity index (χ1v) is 20.4. The number of carbonyl (C=O) groups excluding carboxylic acids is 2. The Morgan fingerprint density at radius 1 is 0.532 bits per heavy atom. The topological polar surface area (TPSA) is 84.2 Å². The van der Waals surface area contributed by atoms with Crippen LogP contribution in [-0.4, -0.2) is 30.9 Å². The van der Waals surface area contributed by atoms with Crippen molar-refractivity contribution in [2.24, 2.45) is 5.73 Å². The summed E-state index contributed by atoms with van der Waals surface area (Å²) < 4.78 is 0. The van der Waals surface area contributed by atoms with Crippen LogP contribution in [-0.2, 0) is 9.59 Å². The minimum atomic E-state index is -0.443. The summed E-state index contributed by atoms with van der Waals surface area (Å²) in [6.07, 6.45) is 47.6. The first-order valence-electron chi connectivity index (χ1n) is 20.4. The number of nitrogens with one attached hydrogen (secondary N) is 2. The first kappa shape index (κ1) is 45.1. The van der Waals surface area contributed by atoms with Crippen molar-refractivity contribution in [1.82, 2.24) is 10.6 Å². The zero-order chi connectivity index (χ0) is 34.3. The van der Waals surface area contributed by atoms with Crippen molar-refractivity contribution in [3.63, 3.8) is 0 Å². The van der Waals surface area contributed by atoms with Crippen LogP contribution >= 0.6 is 0 Å². The molecule has 0 fully saturated rings. The molecule has 0 aromatic carbocycles. The highest BCUT2D eigenvalue weighted by molar-refractivity contribution is 5.87. The summed E-state index contributed by atoms with van der Waals surface area (Å²) >= 11 is 0. The Balaban J connectivity index is 3.89. The molecule has 5 nitrogen and oxygen atoms in total. The van der Waals surface area contributed by atoms with E-state index in [2.05, 4.69) is 60.9 Å². The molecule has 0 aromatic rings. The third kappa shape index (κ3) is 35.3. The number of nitrogens with two attached hydrogens (primary N) is 1. The lowest BCUT2D eigenvalue weighted by Gasteiger charge is -2.18. The summed E-state index contributed by atoms with van der Waals surface area (Å²) in [7, 11) is 0. The second-order valence-corrected chi connectivity index (χ2v) is 13.6. The van der Waals surface area contributed by atoms with Gasteiger partial charge in [-0.25, -0.2) is 0 Å². The molecular weight excluding hydrogens is 578 g/mol. The molecule has 0 saturated heterocycles. The average Bonchev–Trinajstić information content (AvgIpc) is 3.07. The van der Waals surface area contributed by atoms with Crippen molar-refractivity contribution >= 4 is 11.8 Å². The smallest absolute Gasteiger partial charge is 0.242 e. The summed E-state index contributed by atoms with van der Waals surface area (Å²) in [5.41, 5.74) is 5.67. The Morgan fingerprint density at radius 2 is 0.979 bits per heavy atom. The molecule has 0 rings (SSSR count). The molecule has 5 heteroatoms. The van der Waals surface area contributed by atoms with E-state index in [1.54, 1.807) is 0 Å². The van der Waals surface area contributed by atoms with E-state index < -0.39 is 6.04 Å². The van der Waals surface area contributed by atoms with Gasteiger partial charge in [0.25, 0.3) is 0 Å². The van der Waals surface area contributed by atoms with Gasteiger partial charge in [0.05, 0.1) is 0 Å². The number of carbonyl (C=O) groups is 2. The second kappa shape index (κ2) is 38.6. The largest absolute Gasteiger partial charge is 0.354 e. The van der Waals surface area contributed by atoms with Crippen LogP contribution in [0.25, 0.3) is 0 Å². The van der Waals surface area contributed by atoms with Crippen molar-refractivity contribution in [2.45, 2.75) is 206 Å². The second-order valence-electron chi connectivity index (χ2n) is 13.6. The molecular formula is C42H79N3O2. The number of unbranched alkanes of at least 4 members (excludes halogenated alkanes) is 21. The van der Waals surface area contributed by atoms with E-state index in [1.165, 1.54) is 116 Å². The molecule has 0 aliphatic heterocycles. The predicted octanol–water partition coefficient (Wildman–Crippen LogP) is 11.6. The molecule has 1 unspecified atom stereocenters. The number of hydrogen-bond acceptors (Lipinski definition) is 3. The lowest BCUT2D eigenvalue weighted by atomic mass is 10.1. The highest BCUT2D eigenvalue weighted by Gasteiger charge is 2.19. The van der Waals surface area contributed by atoms with E-state index in [0.29, 0.717) is 25.9 Å². The summed E-state index contributed by atoms with van der Waals surface area (Å²) in [6.45, 7) is 5.82. The third-order valence-electron chi connectivity index (χ3n) is 8.94. The van der Waals surface area contributed by atoms with Gasteiger partial charge < -0.3 is 16.4 Å². The van der Waals surface area contributed by atoms with Crippen molar-refractivity contribution in [1.29, 1.82) is 0 Å². The van der Waals surface area contributed by atoms with Crippen LogP contribution in [0.1, 0.15) is 200 Å². The Labute approximate surface area is 292 Å². The van der Waals surface area contributed by atoms with Crippen molar-refractivity contribution in [3.05, 3.63) is 36.5 Å². The zero-order valence-corrected chi connectivity index (χ0v) is 31.4. The van der Waals surface area contributed by atoms with Gasteiger partial charge in [0, 0.05) is 13.0 Å². The maximum atomic E-state index is 12.9. The van der Waals surface area contributed by atoms with Gasteiger partial charge in [-0.05, 0) is 96.4 Å². The fraction of sp³-hybridized carbons (Fsp3) is 0.810. The summed E-state index contributed by atoms with van der Waals surface area (Å²) in [5.74, 6) is -0.0380. The lowest BCUT2D eigenvalue weighted by molar-refractivity contribution is -0.129. The van der Waals surface area contributed by atoms with E-state index in [1.807, 2.05) is 0 Å². The van der Waals surface area contributed by atoms with Gasteiger partial charge in [-0.1, -0.05) is 140 Å². The maximum absolute atomic E-state index is 12.9. The monoisotopic (exact) mass is 658 g/mol. The quantitative estimate of drug-likeness (QED) is 0.0463. The number of allylic oxidation sites excluding steroid dienone is 6. The summed E-state index contributed by atoms with van der Waals surface area (Å²) in [5, 5.41) is 6.10. The molecule has 274 valence electrons. The molecule has 0 spiro atoms.